The van der Waals surface area contributed by atoms with Crippen LogP contribution in [0, 0.1) is 0 Å². The highest BCUT2D eigenvalue weighted by Crippen LogP contribution is 2.40. The number of hydrogen-bond acceptors (Lipinski definition) is 1. The summed E-state index contributed by atoms with van der Waals surface area (Å²) in [6.45, 7) is 1.84. The molecule has 1 aromatic carbocycles. The van der Waals surface area contributed by atoms with Gasteiger partial charge in [-0.15, -0.1) is 0 Å². The number of alkyl halides is 3. The molecule has 0 heterocycles. The van der Waals surface area contributed by atoms with Crippen molar-refractivity contribution >= 4 is 15.9 Å². The zero-order valence-corrected chi connectivity index (χ0v) is 8.95. The number of halogens is 4. The van der Waals surface area contributed by atoms with Gasteiger partial charge < -0.3 is 4.74 Å². The van der Waals surface area contributed by atoms with E-state index in [4.69, 9.17) is 4.74 Å². The number of ether oxygens (including phenoxy) is 1. The lowest BCUT2D eigenvalue weighted by Gasteiger charge is -2.13. The number of rotatable bonds is 2. The van der Waals surface area contributed by atoms with Crippen LogP contribution in [-0.4, -0.2) is 6.61 Å². The molecule has 1 aromatic rings. The molecule has 0 spiro atoms. The Labute approximate surface area is 88.0 Å². The summed E-state index contributed by atoms with van der Waals surface area (Å²) in [5.74, 6) is -0.150. The summed E-state index contributed by atoms with van der Waals surface area (Å²) in [6, 6.07) is 3.84. The Morgan fingerprint density at radius 1 is 1.36 bits per heavy atom. The summed E-state index contributed by atoms with van der Waals surface area (Å²) in [5.41, 5.74) is -0.756. The Balaban J connectivity index is 3.21. The first-order valence-corrected chi connectivity index (χ1v) is 4.74. The van der Waals surface area contributed by atoms with Crippen LogP contribution in [0.5, 0.6) is 5.75 Å². The number of benzene rings is 1. The molecule has 0 bridgehead atoms. The fourth-order valence-corrected chi connectivity index (χ4v) is 1.50. The molecular formula is C9H8BrF3O. The van der Waals surface area contributed by atoms with Crippen LogP contribution in [0.2, 0.25) is 0 Å². The first-order valence-electron chi connectivity index (χ1n) is 3.95. The van der Waals surface area contributed by atoms with Crippen LogP contribution in [-0.2, 0) is 6.18 Å². The Hall–Kier alpha value is -0.710. The summed E-state index contributed by atoms with van der Waals surface area (Å²) >= 11 is 3.02. The molecule has 0 aromatic heterocycles. The Morgan fingerprint density at radius 2 is 2.00 bits per heavy atom. The van der Waals surface area contributed by atoms with Crippen molar-refractivity contribution in [3.05, 3.63) is 28.2 Å². The van der Waals surface area contributed by atoms with Crippen LogP contribution in [0.1, 0.15) is 12.5 Å². The lowest BCUT2D eigenvalue weighted by Crippen LogP contribution is -2.08. The molecule has 0 radical (unpaired) electrons. The second kappa shape index (κ2) is 4.21. The minimum absolute atomic E-state index is 0.150. The first-order chi connectivity index (χ1) is 6.46. The van der Waals surface area contributed by atoms with Gasteiger partial charge >= 0.3 is 6.18 Å². The highest BCUT2D eigenvalue weighted by molar-refractivity contribution is 9.10. The van der Waals surface area contributed by atoms with Gasteiger partial charge in [0.15, 0.2) is 0 Å². The summed E-state index contributed by atoms with van der Waals surface area (Å²) < 4.78 is 42.6. The highest BCUT2D eigenvalue weighted by Gasteiger charge is 2.34. The normalized spacial score (nSPS) is 11.5. The third-order valence-electron chi connectivity index (χ3n) is 1.56. The SMILES string of the molecule is CCOc1c(Br)cccc1C(F)(F)F. The maximum Gasteiger partial charge on any atom is 0.420 e. The van der Waals surface area contributed by atoms with Crippen molar-refractivity contribution in [2.75, 3.05) is 6.61 Å². The molecule has 0 aliphatic carbocycles. The molecule has 0 unspecified atom stereocenters. The number of para-hydroxylation sites is 1. The van der Waals surface area contributed by atoms with Crippen molar-refractivity contribution in [2.24, 2.45) is 0 Å². The third-order valence-corrected chi connectivity index (χ3v) is 2.19. The summed E-state index contributed by atoms with van der Waals surface area (Å²) in [7, 11) is 0. The molecule has 0 amide bonds. The predicted molar refractivity (Wildman–Crippen MR) is 50.3 cm³/mol. The smallest absolute Gasteiger partial charge is 0.420 e. The summed E-state index contributed by atoms with van der Waals surface area (Å²) in [6.07, 6.45) is -4.38. The van der Waals surface area contributed by atoms with Crippen LogP contribution in [0.3, 0.4) is 0 Å². The van der Waals surface area contributed by atoms with Gasteiger partial charge in [0.25, 0.3) is 0 Å². The van der Waals surface area contributed by atoms with E-state index in [2.05, 4.69) is 15.9 Å². The van der Waals surface area contributed by atoms with Gasteiger partial charge in [0.2, 0.25) is 0 Å². The second-order valence-electron chi connectivity index (χ2n) is 2.55. The van der Waals surface area contributed by atoms with Crippen molar-refractivity contribution in [1.82, 2.24) is 0 Å². The molecule has 0 N–H and O–H groups in total. The summed E-state index contributed by atoms with van der Waals surface area (Å²) in [5, 5.41) is 0. The van der Waals surface area contributed by atoms with Gasteiger partial charge in [-0.2, -0.15) is 13.2 Å². The quantitative estimate of drug-likeness (QED) is 0.792. The van der Waals surface area contributed by atoms with Crippen LogP contribution >= 0.6 is 15.9 Å². The van der Waals surface area contributed by atoms with Crippen molar-refractivity contribution in [2.45, 2.75) is 13.1 Å². The maximum absolute atomic E-state index is 12.5. The van der Waals surface area contributed by atoms with E-state index in [9.17, 15) is 13.2 Å². The lowest BCUT2D eigenvalue weighted by atomic mass is 10.2. The van der Waals surface area contributed by atoms with Gasteiger partial charge in [-0.3, -0.25) is 0 Å². The van der Waals surface area contributed by atoms with Crippen molar-refractivity contribution in [3.8, 4) is 5.75 Å². The summed E-state index contributed by atoms with van der Waals surface area (Å²) in [4.78, 5) is 0. The third kappa shape index (κ3) is 2.41. The maximum atomic E-state index is 12.5. The molecular weight excluding hydrogens is 261 g/mol. The van der Waals surface area contributed by atoms with Gasteiger partial charge in [0.05, 0.1) is 16.6 Å². The van der Waals surface area contributed by atoms with Crippen molar-refractivity contribution < 1.29 is 17.9 Å². The number of hydrogen-bond donors (Lipinski definition) is 0. The Morgan fingerprint density at radius 3 is 2.50 bits per heavy atom. The van der Waals surface area contributed by atoms with Crippen LogP contribution in [0.4, 0.5) is 13.2 Å². The van der Waals surface area contributed by atoms with Crippen LogP contribution in [0.15, 0.2) is 22.7 Å². The van der Waals surface area contributed by atoms with E-state index in [1.54, 1.807) is 6.92 Å². The average Bonchev–Trinajstić information content (AvgIpc) is 2.07. The largest absolute Gasteiger partial charge is 0.492 e. The Bertz CT molecular complexity index is 322. The van der Waals surface area contributed by atoms with Gasteiger partial charge in [-0.25, -0.2) is 0 Å². The molecule has 5 heteroatoms. The predicted octanol–water partition coefficient (Wildman–Crippen LogP) is 3.87. The zero-order valence-electron chi connectivity index (χ0n) is 7.36. The second-order valence-corrected chi connectivity index (χ2v) is 3.40. The van der Waals surface area contributed by atoms with Crippen LogP contribution < -0.4 is 4.74 Å². The minimum Gasteiger partial charge on any atom is -0.492 e. The topological polar surface area (TPSA) is 9.23 Å². The van der Waals surface area contributed by atoms with Crippen LogP contribution in [0.25, 0.3) is 0 Å². The van der Waals surface area contributed by atoms with E-state index in [1.165, 1.54) is 12.1 Å². The molecule has 0 fully saturated rings. The van der Waals surface area contributed by atoms with Gasteiger partial charge in [0, 0.05) is 0 Å². The van der Waals surface area contributed by atoms with Gasteiger partial charge in [-0.1, -0.05) is 6.07 Å². The fourth-order valence-electron chi connectivity index (χ4n) is 1.02. The molecule has 1 rings (SSSR count). The van der Waals surface area contributed by atoms with Gasteiger partial charge in [-0.05, 0) is 35.0 Å². The van der Waals surface area contributed by atoms with Crippen molar-refractivity contribution in [1.29, 1.82) is 0 Å². The highest BCUT2D eigenvalue weighted by atomic mass is 79.9. The van der Waals surface area contributed by atoms with Gasteiger partial charge in [0.1, 0.15) is 5.75 Å². The monoisotopic (exact) mass is 268 g/mol. The van der Waals surface area contributed by atoms with E-state index in [0.29, 0.717) is 4.47 Å². The molecule has 78 valence electrons. The molecule has 0 atom stereocenters. The molecule has 1 nitrogen and oxygen atoms in total. The first kappa shape index (κ1) is 11.4. The molecule has 0 saturated carbocycles. The molecule has 0 aliphatic heterocycles. The average molecular weight is 269 g/mol. The van der Waals surface area contributed by atoms with E-state index >= 15 is 0 Å². The molecule has 0 aliphatic rings. The lowest BCUT2D eigenvalue weighted by molar-refractivity contribution is -0.139. The van der Waals surface area contributed by atoms with E-state index in [-0.39, 0.29) is 12.4 Å². The molecule has 14 heavy (non-hydrogen) atoms. The zero-order chi connectivity index (χ0) is 10.8. The minimum atomic E-state index is -4.38. The standard InChI is InChI=1S/C9H8BrF3O/c1-2-14-8-6(9(11,12)13)4-3-5-7(8)10/h3-5H,2H2,1H3. The van der Waals surface area contributed by atoms with E-state index < -0.39 is 11.7 Å². The molecule has 0 saturated heterocycles. The van der Waals surface area contributed by atoms with E-state index in [1.807, 2.05) is 0 Å². The van der Waals surface area contributed by atoms with Crippen molar-refractivity contribution in [3.63, 3.8) is 0 Å². The fraction of sp³-hybridized carbons (Fsp3) is 0.333. The Kier molecular flexibility index (Phi) is 3.42. The van der Waals surface area contributed by atoms with E-state index in [0.717, 1.165) is 6.07 Å².